The Morgan fingerprint density at radius 1 is 1.37 bits per heavy atom. The summed E-state index contributed by atoms with van der Waals surface area (Å²) in [7, 11) is 0. The number of phenols is 1. The van der Waals surface area contributed by atoms with E-state index in [1.807, 2.05) is 0 Å². The van der Waals surface area contributed by atoms with Crippen LogP contribution in [0.5, 0.6) is 5.75 Å². The van der Waals surface area contributed by atoms with E-state index >= 15 is 0 Å². The van der Waals surface area contributed by atoms with Crippen LogP contribution < -0.4 is 0 Å². The number of nitro groups is 1. The quantitative estimate of drug-likeness (QED) is 0.676. The molecule has 0 aliphatic heterocycles. The maximum Gasteiger partial charge on any atom is 0.291 e. The molecule has 1 heterocycles. The van der Waals surface area contributed by atoms with E-state index in [0.29, 0.717) is 15.1 Å². The molecule has 5 nitrogen and oxygen atoms in total. The van der Waals surface area contributed by atoms with E-state index in [-0.39, 0.29) is 11.4 Å². The largest absolute Gasteiger partial charge is 0.508 e. The zero-order valence-electron chi connectivity index (χ0n) is 9.83. The van der Waals surface area contributed by atoms with Crippen molar-refractivity contribution in [3.8, 4) is 5.75 Å². The first kappa shape index (κ1) is 13.8. The number of aromatic hydroxyl groups is 1. The summed E-state index contributed by atoms with van der Waals surface area (Å²) < 4.78 is 0.611. The Hall–Kier alpha value is -1.60. The van der Waals surface area contributed by atoms with Crippen LogP contribution in [-0.2, 0) is 0 Å². The predicted molar refractivity (Wildman–Crippen MR) is 75.6 cm³/mol. The molecule has 0 fully saturated rings. The van der Waals surface area contributed by atoms with Crippen LogP contribution >= 0.6 is 27.7 Å². The van der Waals surface area contributed by atoms with Crippen LogP contribution in [0.3, 0.4) is 0 Å². The average Bonchev–Trinajstić information content (AvgIpc) is 2.37. The number of aromatic nitrogens is 1. The molecule has 2 rings (SSSR count). The Bertz CT molecular complexity index is 632. The van der Waals surface area contributed by atoms with Crippen molar-refractivity contribution in [2.45, 2.75) is 16.8 Å². The molecule has 7 heteroatoms. The summed E-state index contributed by atoms with van der Waals surface area (Å²) in [5, 5.41) is 20.6. The highest BCUT2D eigenvalue weighted by Gasteiger charge is 2.17. The van der Waals surface area contributed by atoms with Gasteiger partial charge in [0.1, 0.15) is 17.0 Å². The summed E-state index contributed by atoms with van der Waals surface area (Å²) in [5.74, 6) is 0.191. The van der Waals surface area contributed by atoms with Gasteiger partial charge < -0.3 is 5.11 Å². The van der Waals surface area contributed by atoms with E-state index in [2.05, 4.69) is 20.9 Å². The van der Waals surface area contributed by atoms with Crippen LogP contribution in [0.15, 0.2) is 44.9 Å². The highest BCUT2D eigenvalue weighted by molar-refractivity contribution is 9.10. The summed E-state index contributed by atoms with van der Waals surface area (Å²) in [6.07, 6.45) is 1.25. The van der Waals surface area contributed by atoms with Gasteiger partial charge in [-0.05, 0) is 47.1 Å². The molecule has 0 radical (unpaired) electrons. The van der Waals surface area contributed by atoms with Gasteiger partial charge in [0.05, 0.1) is 9.40 Å². The van der Waals surface area contributed by atoms with Gasteiger partial charge in [-0.15, -0.1) is 0 Å². The summed E-state index contributed by atoms with van der Waals surface area (Å²) >= 11 is 4.70. The summed E-state index contributed by atoms with van der Waals surface area (Å²) in [5.41, 5.74) is 0.531. The zero-order valence-corrected chi connectivity index (χ0v) is 12.2. The second-order valence-corrected chi connectivity index (χ2v) is 5.60. The zero-order chi connectivity index (χ0) is 14.0. The maximum absolute atomic E-state index is 10.8. The van der Waals surface area contributed by atoms with Gasteiger partial charge in [-0.25, -0.2) is 4.98 Å². The van der Waals surface area contributed by atoms with Gasteiger partial charge in [0.15, 0.2) is 0 Å². The van der Waals surface area contributed by atoms with Gasteiger partial charge in [-0.1, -0.05) is 11.8 Å². The highest BCUT2D eigenvalue weighted by Crippen LogP contribution is 2.36. The molecule has 0 bridgehead atoms. The third-order valence-electron chi connectivity index (χ3n) is 2.45. The van der Waals surface area contributed by atoms with E-state index in [1.54, 1.807) is 31.2 Å². The molecule has 0 saturated heterocycles. The lowest BCUT2D eigenvalue weighted by molar-refractivity contribution is -0.385. The van der Waals surface area contributed by atoms with E-state index in [4.69, 9.17) is 0 Å². The van der Waals surface area contributed by atoms with Crippen LogP contribution in [0, 0.1) is 17.0 Å². The fourth-order valence-corrected chi connectivity index (χ4v) is 2.82. The van der Waals surface area contributed by atoms with Crippen molar-refractivity contribution in [2.75, 3.05) is 0 Å². The number of nitrogens with zero attached hydrogens (tertiary/aromatic N) is 2. The standard InChI is InChI=1S/C12H9BrN2O3S/c1-7-10(15(17)18)6-14-12(11(7)13)19-9-4-2-8(16)3-5-9/h2-6,16H,1H3. The molecule has 0 saturated carbocycles. The van der Waals surface area contributed by atoms with Gasteiger partial charge in [0.2, 0.25) is 0 Å². The molecular weight excluding hydrogens is 332 g/mol. The molecule has 0 unspecified atom stereocenters. The minimum Gasteiger partial charge on any atom is -0.508 e. The second kappa shape index (κ2) is 5.58. The molecule has 0 amide bonds. The highest BCUT2D eigenvalue weighted by atomic mass is 79.9. The molecule has 0 aliphatic rings. The van der Waals surface area contributed by atoms with Crippen LogP contribution in [0.25, 0.3) is 0 Å². The third-order valence-corrected chi connectivity index (χ3v) is 4.70. The molecule has 0 atom stereocenters. The monoisotopic (exact) mass is 340 g/mol. The molecule has 0 aliphatic carbocycles. The SMILES string of the molecule is Cc1c([N+](=O)[O-])cnc(Sc2ccc(O)cc2)c1Br. The molecule has 1 aromatic heterocycles. The Morgan fingerprint density at radius 2 is 2.00 bits per heavy atom. The first-order chi connectivity index (χ1) is 8.99. The fraction of sp³-hybridized carbons (Fsp3) is 0.0833. The first-order valence-electron chi connectivity index (χ1n) is 5.25. The number of rotatable bonds is 3. The lowest BCUT2D eigenvalue weighted by atomic mass is 10.2. The normalized spacial score (nSPS) is 10.4. The van der Waals surface area contributed by atoms with Gasteiger partial charge in [0.25, 0.3) is 5.69 Å². The van der Waals surface area contributed by atoms with Gasteiger partial charge in [-0.2, -0.15) is 0 Å². The molecule has 19 heavy (non-hydrogen) atoms. The van der Waals surface area contributed by atoms with Crippen molar-refractivity contribution in [3.05, 3.63) is 50.6 Å². The molecule has 1 aromatic carbocycles. The molecule has 0 spiro atoms. The Kier molecular flexibility index (Phi) is 4.06. The smallest absolute Gasteiger partial charge is 0.291 e. The second-order valence-electron chi connectivity index (χ2n) is 3.74. The third kappa shape index (κ3) is 3.05. The molecular formula is C12H9BrN2O3S. The Balaban J connectivity index is 2.34. The van der Waals surface area contributed by atoms with Crippen molar-refractivity contribution in [3.63, 3.8) is 0 Å². The number of phenolic OH excluding ortho intramolecular Hbond substituents is 1. The number of hydrogen-bond donors (Lipinski definition) is 1. The summed E-state index contributed by atoms with van der Waals surface area (Å²) in [6.45, 7) is 1.67. The van der Waals surface area contributed by atoms with E-state index < -0.39 is 4.92 Å². The van der Waals surface area contributed by atoms with Crippen LogP contribution in [0.4, 0.5) is 5.69 Å². The first-order valence-corrected chi connectivity index (χ1v) is 6.86. The van der Waals surface area contributed by atoms with Crippen LogP contribution in [0.1, 0.15) is 5.56 Å². The number of hydrogen-bond acceptors (Lipinski definition) is 5. The molecule has 2 aromatic rings. The van der Waals surface area contributed by atoms with Crippen molar-refractivity contribution in [2.24, 2.45) is 0 Å². The predicted octanol–water partition coefficient (Wildman–Crippen LogP) is 3.92. The van der Waals surface area contributed by atoms with Gasteiger partial charge in [0, 0.05) is 10.5 Å². The fourth-order valence-electron chi connectivity index (χ4n) is 1.43. The lowest BCUT2D eigenvalue weighted by Crippen LogP contribution is -1.95. The maximum atomic E-state index is 10.8. The number of halogens is 1. The van der Waals surface area contributed by atoms with E-state index in [1.165, 1.54) is 18.0 Å². The van der Waals surface area contributed by atoms with E-state index in [9.17, 15) is 15.2 Å². The average molecular weight is 341 g/mol. The Morgan fingerprint density at radius 3 is 2.58 bits per heavy atom. The number of benzene rings is 1. The van der Waals surface area contributed by atoms with E-state index in [0.717, 1.165) is 4.90 Å². The van der Waals surface area contributed by atoms with Gasteiger partial charge in [-0.3, -0.25) is 10.1 Å². The minimum atomic E-state index is -0.456. The van der Waals surface area contributed by atoms with Crippen molar-refractivity contribution in [1.82, 2.24) is 4.98 Å². The van der Waals surface area contributed by atoms with Crippen LogP contribution in [0.2, 0.25) is 0 Å². The lowest BCUT2D eigenvalue weighted by Gasteiger charge is -2.06. The van der Waals surface area contributed by atoms with Gasteiger partial charge >= 0.3 is 0 Å². The summed E-state index contributed by atoms with van der Waals surface area (Å²) in [4.78, 5) is 15.3. The molecule has 1 N–H and O–H groups in total. The van der Waals surface area contributed by atoms with Crippen molar-refractivity contribution < 1.29 is 10.0 Å². The summed E-state index contributed by atoms with van der Waals surface area (Å²) in [6, 6.07) is 6.67. The topological polar surface area (TPSA) is 76.3 Å². The Labute approximate surface area is 122 Å². The minimum absolute atomic E-state index is 0.0121. The number of pyridine rings is 1. The van der Waals surface area contributed by atoms with Crippen molar-refractivity contribution >= 4 is 33.4 Å². The van der Waals surface area contributed by atoms with Crippen molar-refractivity contribution in [1.29, 1.82) is 0 Å². The van der Waals surface area contributed by atoms with Crippen LogP contribution in [-0.4, -0.2) is 15.0 Å². The molecule has 98 valence electrons.